The van der Waals surface area contributed by atoms with E-state index in [4.69, 9.17) is 15.7 Å². The van der Waals surface area contributed by atoms with Crippen molar-refractivity contribution in [3.8, 4) is 0 Å². The van der Waals surface area contributed by atoms with E-state index in [-0.39, 0.29) is 57.5 Å². The van der Waals surface area contributed by atoms with Gasteiger partial charge in [0.15, 0.2) is 0 Å². The molecular formula is H5KMnNO4. The Morgan fingerprint density at radius 1 is 1.14 bits per heavy atom. The molecule has 0 aliphatic rings. The third-order valence-electron chi connectivity index (χ3n) is 0. The molecule has 0 aromatic heterocycles. The summed E-state index contributed by atoms with van der Waals surface area (Å²) < 4.78 is 33.1. The van der Waals surface area contributed by atoms with Crippen LogP contribution in [0, 0.1) is 0 Å². The fourth-order valence-corrected chi connectivity index (χ4v) is 0. The molecule has 5 nitrogen and oxygen atoms in total. The van der Waals surface area contributed by atoms with E-state index >= 15 is 0 Å². The summed E-state index contributed by atoms with van der Waals surface area (Å²) in [6.07, 6.45) is 0. The van der Waals surface area contributed by atoms with Crippen LogP contribution in [-0.2, 0) is 24.5 Å². The summed E-state index contributed by atoms with van der Waals surface area (Å²) in [6, 6.07) is 0. The van der Waals surface area contributed by atoms with Crippen molar-refractivity contribution in [3.05, 3.63) is 0 Å². The molecule has 0 aliphatic carbocycles. The van der Waals surface area contributed by atoms with Crippen molar-refractivity contribution in [2.45, 2.75) is 0 Å². The Morgan fingerprint density at radius 3 is 1.14 bits per heavy atom. The van der Waals surface area contributed by atoms with Crippen LogP contribution in [0.15, 0.2) is 0 Å². The summed E-state index contributed by atoms with van der Waals surface area (Å²) in [5.74, 6) is 0. The van der Waals surface area contributed by atoms with E-state index in [1.165, 1.54) is 0 Å². The first-order chi connectivity index (χ1) is 2.00. The standard InChI is InChI=1S/K.Mn.H3N.H2O.3O.H/h;;1H3;1H2;;;;/q;+1;;;;;;/p-1. The normalized spacial score (nSPS) is 8.14. The molecule has 4 N–H and O–H groups in total. The van der Waals surface area contributed by atoms with E-state index < -0.39 is 13.0 Å². The molecule has 0 radical (unpaired) electrons. The molecule has 0 bridgehead atoms. The summed E-state index contributed by atoms with van der Waals surface area (Å²) in [5.41, 5.74) is 0. The van der Waals surface area contributed by atoms with Crippen molar-refractivity contribution >= 4 is 51.4 Å². The summed E-state index contributed by atoms with van der Waals surface area (Å²) in [6.45, 7) is 0. The Kier molecular flexibility index (Phi) is 12.7. The zero-order chi connectivity index (χ0) is 4.50. The molecule has 0 saturated heterocycles. The number of hydrogen-bond donors (Lipinski definition) is 2. The van der Waals surface area contributed by atoms with Crippen molar-refractivity contribution in [3.63, 3.8) is 0 Å². The van der Waals surface area contributed by atoms with Gasteiger partial charge in [0.1, 0.15) is 0 Å². The molecule has 7 heavy (non-hydrogen) atoms. The second kappa shape index (κ2) is 5.61. The van der Waals surface area contributed by atoms with Crippen LogP contribution in [0.2, 0.25) is 0 Å². The summed E-state index contributed by atoms with van der Waals surface area (Å²) in [5, 5.41) is 0. The SMILES string of the molecule is N.[KH].[O]=[Mn](=[O])(=[O])[OH]. The van der Waals surface area contributed by atoms with Gasteiger partial charge in [-0.25, -0.2) is 0 Å². The Morgan fingerprint density at radius 2 is 1.14 bits per heavy atom. The van der Waals surface area contributed by atoms with Gasteiger partial charge in [0.25, 0.3) is 0 Å². The van der Waals surface area contributed by atoms with E-state index in [0.29, 0.717) is 0 Å². The quantitative estimate of drug-likeness (QED) is 0.442. The van der Waals surface area contributed by atoms with Gasteiger partial charge in [-0.1, -0.05) is 0 Å². The Hall–Kier alpha value is 1.48. The molecule has 0 spiro atoms. The summed E-state index contributed by atoms with van der Waals surface area (Å²) >= 11 is -5.38. The van der Waals surface area contributed by atoms with Gasteiger partial charge >= 0.3 is 80.0 Å². The van der Waals surface area contributed by atoms with Gasteiger partial charge in [0, 0.05) is 0 Å². The first-order valence-electron chi connectivity index (χ1n) is 0.632. The van der Waals surface area contributed by atoms with E-state index in [0.717, 1.165) is 0 Å². The molecule has 7 heteroatoms. The monoisotopic (exact) mass is 177 g/mol. The van der Waals surface area contributed by atoms with Crippen molar-refractivity contribution < 1.29 is 28.7 Å². The van der Waals surface area contributed by atoms with Crippen LogP contribution in [0.4, 0.5) is 0 Å². The third kappa shape index (κ3) is 103. The van der Waals surface area contributed by atoms with E-state index in [1.807, 2.05) is 0 Å². The van der Waals surface area contributed by atoms with Crippen LogP contribution in [0.1, 0.15) is 0 Å². The molecule has 0 aromatic rings. The van der Waals surface area contributed by atoms with Crippen LogP contribution in [0.3, 0.4) is 0 Å². The minimum absolute atomic E-state index is 0. The van der Waals surface area contributed by atoms with Gasteiger partial charge in [-0.05, 0) is 0 Å². The minimum atomic E-state index is -5.38. The molecule has 0 rings (SSSR count). The maximum absolute atomic E-state index is 8.69. The third-order valence-corrected chi connectivity index (χ3v) is 0. The molecule has 0 aliphatic heterocycles. The molecule has 0 fully saturated rings. The van der Waals surface area contributed by atoms with Crippen LogP contribution in [0.25, 0.3) is 0 Å². The zero-order valence-electron chi connectivity index (χ0n) is 2.76. The molecule has 0 amide bonds. The van der Waals surface area contributed by atoms with E-state index in [9.17, 15) is 0 Å². The van der Waals surface area contributed by atoms with Gasteiger partial charge in [-0.2, -0.15) is 0 Å². The van der Waals surface area contributed by atoms with Crippen molar-refractivity contribution in [1.29, 1.82) is 0 Å². The van der Waals surface area contributed by atoms with Crippen molar-refractivity contribution in [2.24, 2.45) is 0 Å². The van der Waals surface area contributed by atoms with Crippen LogP contribution in [-0.4, -0.2) is 55.6 Å². The number of rotatable bonds is 0. The van der Waals surface area contributed by atoms with Crippen LogP contribution in [0.5, 0.6) is 0 Å². The molecular weight excluding hydrogens is 172 g/mol. The Balaban J connectivity index is -0.0000000800. The predicted octanol–water partition coefficient (Wildman–Crippen LogP) is -1.40. The Labute approximate surface area is 84.6 Å². The molecule has 0 aromatic carbocycles. The molecule has 0 atom stereocenters. The maximum atomic E-state index is 8.69. The summed E-state index contributed by atoms with van der Waals surface area (Å²) in [4.78, 5) is 0. The van der Waals surface area contributed by atoms with E-state index in [1.54, 1.807) is 0 Å². The van der Waals surface area contributed by atoms with Gasteiger partial charge in [-0.3, -0.25) is 0 Å². The van der Waals surface area contributed by atoms with Gasteiger partial charge < -0.3 is 6.15 Å². The molecule has 0 unspecified atom stereocenters. The average molecular weight is 177 g/mol. The van der Waals surface area contributed by atoms with Gasteiger partial charge in [-0.15, -0.1) is 0 Å². The number of hydrogen-bond acceptors (Lipinski definition) is 4. The van der Waals surface area contributed by atoms with Gasteiger partial charge in [0.2, 0.25) is 0 Å². The second-order valence-corrected chi connectivity index (χ2v) is 1.63. The first-order valence-corrected chi connectivity index (χ1v) is 2.61. The van der Waals surface area contributed by atoms with Crippen LogP contribution < -0.4 is 6.15 Å². The molecule has 0 saturated carbocycles. The molecule has 42 valence electrons. The fraction of sp³-hybridized carbons (Fsp3) is 0. The van der Waals surface area contributed by atoms with Crippen molar-refractivity contribution in [1.82, 2.24) is 6.15 Å². The Bertz CT molecular complexity index is 133. The zero-order valence-corrected chi connectivity index (χ0v) is 3.94. The second-order valence-electron chi connectivity index (χ2n) is 0.396. The summed E-state index contributed by atoms with van der Waals surface area (Å²) in [7, 11) is 0. The van der Waals surface area contributed by atoms with Crippen molar-refractivity contribution in [2.75, 3.05) is 0 Å². The van der Waals surface area contributed by atoms with Crippen LogP contribution >= 0.6 is 0 Å². The van der Waals surface area contributed by atoms with Gasteiger partial charge in [0.05, 0.1) is 0 Å². The first kappa shape index (κ1) is 15.8. The van der Waals surface area contributed by atoms with E-state index in [2.05, 4.69) is 0 Å². The predicted molar refractivity (Wildman–Crippen MR) is 16.4 cm³/mol. The topological polar surface area (TPSA) is 106 Å². The molecule has 0 heterocycles. The fourth-order valence-electron chi connectivity index (χ4n) is 0. The average Bonchev–Trinajstić information content (AvgIpc) is 0.722.